The Morgan fingerprint density at radius 1 is 1.28 bits per heavy atom. The molecule has 2 amide bonds. The van der Waals surface area contributed by atoms with E-state index < -0.39 is 40.6 Å². The summed E-state index contributed by atoms with van der Waals surface area (Å²) in [6, 6.07) is 5.98. The normalized spacial score (nSPS) is 20.9. The van der Waals surface area contributed by atoms with Crippen LogP contribution < -0.4 is 15.1 Å². The third-order valence-corrected chi connectivity index (χ3v) is 8.00. The molecule has 204 valence electrons. The third-order valence-electron chi connectivity index (χ3n) is 7.63. The Morgan fingerprint density at radius 2 is 2.03 bits per heavy atom. The molecule has 0 unspecified atom stereocenters. The van der Waals surface area contributed by atoms with Gasteiger partial charge in [0, 0.05) is 18.8 Å². The molecular formula is C26H24F4N6O2S. The maximum Gasteiger partial charge on any atom is 0.419 e. The summed E-state index contributed by atoms with van der Waals surface area (Å²) in [7, 11) is 2.00. The number of benzene rings is 1. The van der Waals surface area contributed by atoms with Gasteiger partial charge in [-0.3, -0.25) is 14.5 Å². The Bertz CT molecular complexity index is 1400. The van der Waals surface area contributed by atoms with Gasteiger partial charge in [0.15, 0.2) is 10.8 Å². The molecule has 2 aliphatic heterocycles. The average molecular weight is 561 g/mol. The fourth-order valence-corrected chi connectivity index (χ4v) is 5.91. The quantitative estimate of drug-likeness (QED) is 0.439. The van der Waals surface area contributed by atoms with Crippen LogP contribution in [0.5, 0.6) is 0 Å². The number of carbonyl (C=O) groups is 2. The first-order valence-corrected chi connectivity index (χ1v) is 12.8. The molecule has 1 aromatic heterocycles. The number of hydrogen-bond acceptors (Lipinski definition) is 6. The van der Waals surface area contributed by atoms with Gasteiger partial charge in [-0.05, 0) is 81.7 Å². The molecule has 8 nitrogen and oxygen atoms in total. The molecule has 3 heterocycles. The first kappa shape index (κ1) is 27.0. The molecule has 1 aromatic carbocycles. The maximum absolute atomic E-state index is 15.2. The molecule has 1 atom stereocenters. The molecule has 5 rings (SSSR count). The zero-order valence-electron chi connectivity index (χ0n) is 20.9. The van der Waals surface area contributed by atoms with Gasteiger partial charge in [0.25, 0.3) is 11.8 Å². The van der Waals surface area contributed by atoms with Crippen molar-refractivity contribution in [2.24, 2.45) is 5.92 Å². The zero-order chi connectivity index (χ0) is 28.1. The van der Waals surface area contributed by atoms with E-state index in [0.717, 1.165) is 36.7 Å². The number of hydrogen-bond donors (Lipinski definition) is 1. The van der Waals surface area contributed by atoms with Gasteiger partial charge in [0.2, 0.25) is 0 Å². The standard InChI is InChI=1S/C26H24F4N6O2S/c1-34-8-5-15(14-34)12-33-22(37)18-4-3-16(10-20(18)27)36-24(39)35(23(38)25(36)6-2-7-25)17-9-19(26(28,29)30)21(11-31)32-13-17/h3-4,9-10,13,15H,2,5-8,12,14H2,1H3,(H,33,37)/t15-/m1/s1. The van der Waals surface area contributed by atoms with Crippen LogP contribution in [0.2, 0.25) is 0 Å². The predicted molar refractivity (Wildman–Crippen MR) is 137 cm³/mol. The lowest BCUT2D eigenvalue weighted by molar-refractivity contribution is -0.138. The van der Waals surface area contributed by atoms with Gasteiger partial charge >= 0.3 is 6.18 Å². The second kappa shape index (κ2) is 9.84. The largest absolute Gasteiger partial charge is 0.419 e. The second-order valence-corrected chi connectivity index (χ2v) is 10.5. The first-order valence-electron chi connectivity index (χ1n) is 12.4. The fraction of sp³-hybridized carbons (Fsp3) is 0.423. The summed E-state index contributed by atoms with van der Waals surface area (Å²) in [5.41, 5.74) is -3.49. The molecule has 2 saturated heterocycles. The van der Waals surface area contributed by atoms with Crippen molar-refractivity contribution in [2.75, 3.05) is 36.5 Å². The number of aromatic nitrogens is 1. The highest BCUT2D eigenvalue weighted by Crippen LogP contribution is 2.48. The van der Waals surface area contributed by atoms with Crippen LogP contribution in [0.4, 0.5) is 28.9 Å². The van der Waals surface area contributed by atoms with E-state index in [1.165, 1.54) is 23.1 Å². The van der Waals surface area contributed by atoms with Crippen molar-refractivity contribution in [1.29, 1.82) is 5.26 Å². The Labute approximate surface area is 227 Å². The van der Waals surface area contributed by atoms with E-state index >= 15 is 4.39 Å². The van der Waals surface area contributed by atoms with Crippen LogP contribution in [-0.4, -0.2) is 59.0 Å². The molecule has 3 fully saturated rings. The number of rotatable bonds is 5. The molecular weight excluding hydrogens is 536 g/mol. The summed E-state index contributed by atoms with van der Waals surface area (Å²) in [5.74, 6) is -1.64. The number of amides is 2. The van der Waals surface area contributed by atoms with Crippen molar-refractivity contribution in [3.05, 3.63) is 53.1 Å². The molecule has 2 aromatic rings. The number of likely N-dealkylation sites (tertiary alicyclic amines) is 1. The van der Waals surface area contributed by atoms with E-state index in [9.17, 15) is 22.8 Å². The Morgan fingerprint density at radius 3 is 2.59 bits per heavy atom. The van der Waals surface area contributed by atoms with Crippen LogP contribution in [0, 0.1) is 23.1 Å². The smallest absolute Gasteiger partial charge is 0.352 e. The van der Waals surface area contributed by atoms with Crippen molar-refractivity contribution in [3.8, 4) is 6.07 Å². The summed E-state index contributed by atoms with van der Waals surface area (Å²) in [6.07, 6.45) is -1.56. The van der Waals surface area contributed by atoms with Crippen LogP contribution in [0.1, 0.15) is 47.3 Å². The van der Waals surface area contributed by atoms with E-state index in [2.05, 4.69) is 15.2 Å². The summed E-state index contributed by atoms with van der Waals surface area (Å²) < 4.78 is 55.9. The van der Waals surface area contributed by atoms with Gasteiger partial charge in [-0.25, -0.2) is 9.37 Å². The molecule has 39 heavy (non-hydrogen) atoms. The summed E-state index contributed by atoms with van der Waals surface area (Å²) >= 11 is 5.54. The molecule has 1 N–H and O–H groups in total. The zero-order valence-corrected chi connectivity index (χ0v) is 21.7. The van der Waals surface area contributed by atoms with Gasteiger partial charge in [0.05, 0.1) is 23.0 Å². The fourth-order valence-electron chi connectivity index (χ4n) is 5.44. The molecule has 13 heteroatoms. The molecule has 0 radical (unpaired) electrons. The SMILES string of the molecule is CN1CC[C@H](CNC(=O)c2ccc(N3C(=S)N(c4cnc(C#N)c(C(F)(F)F)c4)C(=O)C34CCC4)cc2F)C1. The van der Waals surface area contributed by atoms with Crippen LogP contribution in [-0.2, 0) is 11.0 Å². The lowest BCUT2D eigenvalue weighted by atomic mass is 9.75. The van der Waals surface area contributed by atoms with Gasteiger partial charge in [-0.15, -0.1) is 0 Å². The van der Waals surface area contributed by atoms with Gasteiger partial charge < -0.3 is 15.1 Å². The van der Waals surface area contributed by atoms with Crippen molar-refractivity contribution >= 4 is 40.5 Å². The number of thiocarbonyl (C=S) groups is 1. The van der Waals surface area contributed by atoms with E-state index in [4.69, 9.17) is 17.5 Å². The Kier molecular flexibility index (Phi) is 6.80. The van der Waals surface area contributed by atoms with E-state index in [-0.39, 0.29) is 28.0 Å². The van der Waals surface area contributed by atoms with Crippen LogP contribution in [0.25, 0.3) is 0 Å². The van der Waals surface area contributed by atoms with E-state index in [1.54, 1.807) is 0 Å². The minimum atomic E-state index is -4.88. The van der Waals surface area contributed by atoms with Gasteiger partial charge in [-0.1, -0.05) is 0 Å². The molecule has 1 saturated carbocycles. The summed E-state index contributed by atoms with van der Waals surface area (Å²) in [6.45, 7) is 2.21. The molecule has 1 aliphatic carbocycles. The number of nitrogens with zero attached hydrogens (tertiary/aromatic N) is 5. The number of pyridine rings is 1. The molecule has 1 spiro atoms. The minimum Gasteiger partial charge on any atom is -0.352 e. The van der Waals surface area contributed by atoms with E-state index in [1.807, 2.05) is 7.05 Å². The number of carbonyl (C=O) groups excluding carboxylic acids is 2. The van der Waals surface area contributed by atoms with Crippen molar-refractivity contribution in [2.45, 2.75) is 37.4 Å². The van der Waals surface area contributed by atoms with Crippen LogP contribution in [0.3, 0.4) is 0 Å². The highest BCUT2D eigenvalue weighted by atomic mass is 32.1. The van der Waals surface area contributed by atoms with Crippen LogP contribution >= 0.6 is 12.2 Å². The third kappa shape index (κ3) is 4.61. The number of alkyl halides is 3. The number of anilines is 2. The Balaban J connectivity index is 1.43. The lowest BCUT2D eigenvalue weighted by Gasteiger charge is -2.43. The highest BCUT2D eigenvalue weighted by Gasteiger charge is 2.60. The maximum atomic E-state index is 15.2. The minimum absolute atomic E-state index is 0.138. The van der Waals surface area contributed by atoms with Gasteiger partial charge in [0.1, 0.15) is 17.4 Å². The average Bonchev–Trinajstić information content (AvgIpc) is 3.38. The molecule has 3 aliphatic rings. The summed E-state index contributed by atoms with van der Waals surface area (Å²) in [4.78, 5) is 34.4. The van der Waals surface area contributed by atoms with Gasteiger partial charge in [-0.2, -0.15) is 18.4 Å². The number of nitrogens with one attached hydrogen (secondary N) is 1. The van der Waals surface area contributed by atoms with Crippen molar-refractivity contribution in [3.63, 3.8) is 0 Å². The molecule has 0 bridgehead atoms. The topological polar surface area (TPSA) is 92.6 Å². The highest BCUT2D eigenvalue weighted by molar-refractivity contribution is 7.81. The summed E-state index contributed by atoms with van der Waals surface area (Å²) in [5, 5.41) is 11.7. The van der Waals surface area contributed by atoms with Crippen molar-refractivity contribution in [1.82, 2.24) is 15.2 Å². The number of halogens is 4. The predicted octanol–water partition coefficient (Wildman–Crippen LogP) is 3.85. The first-order chi connectivity index (χ1) is 18.5. The monoisotopic (exact) mass is 560 g/mol. The van der Waals surface area contributed by atoms with Crippen molar-refractivity contribution < 1.29 is 27.2 Å². The lowest BCUT2D eigenvalue weighted by Crippen LogP contribution is -2.55. The Hall–Kier alpha value is -3.63. The van der Waals surface area contributed by atoms with Crippen LogP contribution in [0.15, 0.2) is 30.5 Å². The second-order valence-electron chi connectivity index (χ2n) is 10.1. The van der Waals surface area contributed by atoms with E-state index in [0.29, 0.717) is 31.9 Å². The number of nitriles is 1.